The van der Waals surface area contributed by atoms with Crippen molar-refractivity contribution < 1.29 is 14.5 Å². The van der Waals surface area contributed by atoms with Crippen molar-refractivity contribution >= 4 is 29.7 Å². The van der Waals surface area contributed by atoms with Gasteiger partial charge in [0.1, 0.15) is 0 Å². The zero-order chi connectivity index (χ0) is 17.1. The predicted octanol–water partition coefficient (Wildman–Crippen LogP) is 2.72. The Morgan fingerprint density at radius 1 is 0.833 bits per heavy atom. The van der Waals surface area contributed by atoms with Crippen molar-refractivity contribution in [3.8, 4) is 0 Å². The van der Waals surface area contributed by atoms with Gasteiger partial charge < -0.3 is 0 Å². The molecule has 0 atom stereocenters. The van der Waals surface area contributed by atoms with Gasteiger partial charge in [0.15, 0.2) is 0 Å². The number of non-ortho nitro benzene ring substituents is 1. The predicted molar refractivity (Wildman–Crippen MR) is 88.6 cm³/mol. The number of nitrogens with one attached hydrogen (secondary N) is 1. The Morgan fingerprint density at radius 3 is 2.04 bits per heavy atom. The number of amides is 2. The maximum absolute atomic E-state index is 12.0. The Morgan fingerprint density at radius 2 is 1.42 bits per heavy atom. The number of nitro benzene ring substituents is 1. The van der Waals surface area contributed by atoms with Crippen LogP contribution in [0.3, 0.4) is 0 Å². The number of hydrogen-bond acceptors (Lipinski definition) is 4. The number of benzene rings is 2. The van der Waals surface area contributed by atoms with Crippen LogP contribution in [0.15, 0.2) is 65.7 Å². The second-order valence-electron chi connectivity index (χ2n) is 5.16. The number of carbonyl (C=O) groups excluding carboxylic acids is 2. The molecule has 1 N–H and O–H groups in total. The van der Waals surface area contributed by atoms with E-state index >= 15 is 0 Å². The monoisotopic (exact) mass is 320 g/mol. The Labute approximate surface area is 137 Å². The molecule has 0 saturated carbocycles. The number of nitrogens with zero attached hydrogens (tertiary/aromatic N) is 1. The lowest BCUT2D eigenvalue weighted by Crippen LogP contribution is -2.19. The third kappa shape index (κ3) is 3.12. The van der Waals surface area contributed by atoms with E-state index in [0.29, 0.717) is 5.56 Å². The molecule has 2 aromatic rings. The molecule has 6 heteroatoms. The SMILES string of the molecule is O=C1NC(=O)C(=C/c2cccc([N+](=O)[O-])c2)/C1=C\c1ccccc1. The number of imide groups is 1. The molecule has 1 aliphatic rings. The molecule has 0 radical (unpaired) electrons. The molecule has 0 unspecified atom stereocenters. The summed E-state index contributed by atoms with van der Waals surface area (Å²) in [6.07, 6.45) is 3.09. The minimum absolute atomic E-state index is 0.0809. The van der Waals surface area contributed by atoms with Crippen molar-refractivity contribution in [2.75, 3.05) is 0 Å². The van der Waals surface area contributed by atoms with Crippen molar-refractivity contribution in [1.82, 2.24) is 5.32 Å². The van der Waals surface area contributed by atoms with E-state index < -0.39 is 16.7 Å². The highest BCUT2D eigenvalue weighted by molar-refractivity contribution is 6.28. The van der Waals surface area contributed by atoms with Gasteiger partial charge in [0.05, 0.1) is 16.1 Å². The average Bonchev–Trinajstić information content (AvgIpc) is 2.83. The summed E-state index contributed by atoms with van der Waals surface area (Å²) in [6, 6.07) is 15.0. The molecule has 118 valence electrons. The smallest absolute Gasteiger partial charge is 0.270 e. The molecule has 1 fully saturated rings. The first-order valence-electron chi connectivity index (χ1n) is 7.13. The third-order valence-corrected chi connectivity index (χ3v) is 3.51. The molecule has 3 rings (SSSR count). The second kappa shape index (κ2) is 6.29. The van der Waals surface area contributed by atoms with Crippen LogP contribution in [0.4, 0.5) is 5.69 Å². The molecule has 24 heavy (non-hydrogen) atoms. The Kier molecular flexibility index (Phi) is 4.03. The van der Waals surface area contributed by atoms with E-state index in [4.69, 9.17) is 0 Å². The fourth-order valence-electron chi connectivity index (χ4n) is 2.38. The summed E-state index contributed by atoms with van der Waals surface area (Å²) in [4.78, 5) is 34.4. The summed E-state index contributed by atoms with van der Waals surface area (Å²) < 4.78 is 0. The first-order valence-corrected chi connectivity index (χ1v) is 7.13. The van der Waals surface area contributed by atoms with Crippen LogP contribution in [-0.4, -0.2) is 16.7 Å². The summed E-state index contributed by atoms with van der Waals surface area (Å²) in [7, 11) is 0. The normalized spacial score (nSPS) is 17.3. The maximum Gasteiger partial charge on any atom is 0.270 e. The van der Waals surface area contributed by atoms with Crippen molar-refractivity contribution in [1.29, 1.82) is 0 Å². The van der Waals surface area contributed by atoms with Gasteiger partial charge in [-0.1, -0.05) is 42.5 Å². The molecule has 0 aliphatic carbocycles. The van der Waals surface area contributed by atoms with Crippen molar-refractivity contribution in [3.63, 3.8) is 0 Å². The first kappa shape index (κ1) is 15.4. The lowest BCUT2D eigenvalue weighted by atomic mass is 10.0. The lowest BCUT2D eigenvalue weighted by molar-refractivity contribution is -0.384. The van der Waals surface area contributed by atoms with Gasteiger partial charge >= 0.3 is 0 Å². The Hall–Kier alpha value is -3.54. The quantitative estimate of drug-likeness (QED) is 0.407. The highest BCUT2D eigenvalue weighted by Crippen LogP contribution is 2.24. The van der Waals surface area contributed by atoms with Crippen LogP contribution in [-0.2, 0) is 9.59 Å². The minimum atomic E-state index is -0.520. The van der Waals surface area contributed by atoms with Gasteiger partial charge in [-0.05, 0) is 23.3 Å². The standard InChI is InChI=1S/C18H12N2O4/c21-17-15(10-12-5-2-1-3-6-12)16(18(22)19-17)11-13-7-4-8-14(9-13)20(23)24/h1-11H,(H,19,21,22)/b15-10+,16-11+. The second-order valence-corrected chi connectivity index (χ2v) is 5.16. The topological polar surface area (TPSA) is 89.3 Å². The van der Waals surface area contributed by atoms with Gasteiger partial charge in [0, 0.05) is 12.1 Å². The molecular formula is C18H12N2O4. The molecule has 6 nitrogen and oxygen atoms in total. The van der Waals surface area contributed by atoms with E-state index in [-0.39, 0.29) is 16.8 Å². The van der Waals surface area contributed by atoms with E-state index in [0.717, 1.165) is 5.56 Å². The zero-order valence-electron chi connectivity index (χ0n) is 12.4. The highest BCUT2D eigenvalue weighted by atomic mass is 16.6. The molecular weight excluding hydrogens is 308 g/mol. The fraction of sp³-hybridized carbons (Fsp3) is 0. The zero-order valence-corrected chi connectivity index (χ0v) is 12.4. The van der Waals surface area contributed by atoms with Crippen molar-refractivity contribution in [2.45, 2.75) is 0 Å². The van der Waals surface area contributed by atoms with E-state index in [1.807, 2.05) is 30.3 Å². The van der Waals surface area contributed by atoms with Crippen LogP contribution < -0.4 is 5.32 Å². The summed E-state index contributed by atoms with van der Waals surface area (Å²) in [6.45, 7) is 0. The summed E-state index contributed by atoms with van der Waals surface area (Å²) in [5.74, 6) is -1.01. The molecule has 2 amide bonds. The van der Waals surface area contributed by atoms with Crippen LogP contribution in [0, 0.1) is 10.1 Å². The van der Waals surface area contributed by atoms with Crippen LogP contribution >= 0.6 is 0 Å². The molecule has 0 aromatic heterocycles. The average molecular weight is 320 g/mol. The Balaban J connectivity index is 2.05. The summed E-state index contributed by atoms with van der Waals surface area (Å²) in [5, 5.41) is 13.1. The summed E-state index contributed by atoms with van der Waals surface area (Å²) >= 11 is 0. The van der Waals surface area contributed by atoms with E-state index in [1.54, 1.807) is 12.1 Å². The van der Waals surface area contributed by atoms with Gasteiger partial charge in [-0.15, -0.1) is 0 Å². The molecule has 0 spiro atoms. The number of hydrogen-bond donors (Lipinski definition) is 1. The van der Waals surface area contributed by atoms with E-state index in [1.165, 1.54) is 24.3 Å². The van der Waals surface area contributed by atoms with Crippen molar-refractivity contribution in [2.24, 2.45) is 0 Å². The van der Waals surface area contributed by atoms with Gasteiger partial charge in [-0.25, -0.2) is 0 Å². The fourth-order valence-corrected chi connectivity index (χ4v) is 2.38. The van der Waals surface area contributed by atoms with E-state index in [2.05, 4.69) is 5.32 Å². The molecule has 1 saturated heterocycles. The van der Waals surface area contributed by atoms with Crippen molar-refractivity contribution in [3.05, 3.63) is 87.0 Å². The molecule has 0 bridgehead atoms. The summed E-state index contributed by atoms with van der Waals surface area (Å²) in [5.41, 5.74) is 1.59. The largest absolute Gasteiger partial charge is 0.288 e. The van der Waals surface area contributed by atoms with Crippen LogP contribution in [0.1, 0.15) is 11.1 Å². The number of nitro groups is 1. The lowest BCUT2D eigenvalue weighted by Gasteiger charge is -1.99. The van der Waals surface area contributed by atoms with E-state index in [9.17, 15) is 19.7 Å². The van der Waals surface area contributed by atoms with Crippen LogP contribution in [0.2, 0.25) is 0 Å². The first-order chi connectivity index (χ1) is 11.5. The van der Waals surface area contributed by atoms with Gasteiger partial charge in [-0.3, -0.25) is 25.0 Å². The molecule has 2 aromatic carbocycles. The third-order valence-electron chi connectivity index (χ3n) is 3.51. The number of rotatable bonds is 3. The Bertz CT molecular complexity index is 898. The maximum atomic E-state index is 12.0. The molecule has 1 heterocycles. The highest BCUT2D eigenvalue weighted by Gasteiger charge is 2.30. The minimum Gasteiger partial charge on any atom is -0.288 e. The molecule has 1 aliphatic heterocycles. The van der Waals surface area contributed by atoms with Crippen LogP contribution in [0.5, 0.6) is 0 Å². The van der Waals surface area contributed by atoms with Crippen LogP contribution in [0.25, 0.3) is 12.2 Å². The van der Waals surface area contributed by atoms with Gasteiger partial charge in [0.25, 0.3) is 17.5 Å². The number of carbonyl (C=O) groups is 2. The van der Waals surface area contributed by atoms with Gasteiger partial charge in [0.2, 0.25) is 0 Å². The van der Waals surface area contributed by atoms with Gasteiger partial charge in [-0.2, -0.15) is 0 Å².